The van der Waals surface area contributed by atoms with Crippen molar-refractivity contribution in [2.75, 3.05) is 34.3 Å². The van der Waals surface area contributed by atoms with Gasteiger partial charge in [0, 0.05) is 0 Å². The molecular weight excluding hydrogens is 238 g/mol. The van der Waals surface area contributed by atoms with Crippen molar-refractivity contribution < 1.29 is 29.3 Å². The van der Waals surface area contributed by atoms with E-state index in [0.717, 1.165) is 12.1 Å². The minimum absolute atomic E-state index is 0.00999. The standard InChI is InChI=1S/C12H17NO5/c1-13(2,3)4-5-18-12(17)8-6-9(14)11(16)10(15)7-8/h6-7H,4-5H2,1-3H3,(H2-,14,15,16,17)/p+1. The molecule has 0 radical (unpaired) electrons. The zero-order valence-electron chi connectivity index (χ0n) is 10.7. The van der Waals surface area contributed by atoms with E-state index < -0.39 is 23.2 Å². The van der Waals surface area contributed by atoms with E-state index in [1.54, 1.807) is 0 Å². The molecule has 0 aliphatic carbocycles. The number of benzene rings is 1. The molecule has 0 saturated heterocycles. The predicted molar refractivity (Wildman–Crippen MR) is 64.6 cm³/mol. The molecule has 0 aromatic heterocycles. The van der Waals surface area contributed by atoms with Crippen LogP contribution < -0.4 is 0 Å². The Hall–Kier alpha value is -1.95. The zero-order chi connectivity index (χ0) is 13.9. The largest absolute Gasteiger partial charge is 0.504 e. The SMILES string of the molecule is C[N+](C)(C)CCOC(=O)c1cc(O)c(O)c(O)c1. The summed E-state index contributed by atoms with van der Waals surface area (Å²) in [5.41, 5.74) is -0.00999. The highest BCUT2D eigenvalue weighted by Gasteiger charge is 2.15. The Labute approximate surface area is 105 Å². The van der Waals surface area contributed by atoms with Gasteiger partial charge >= 0.3 is 5.97 Å². The second-order valence-corrected chi connectivity index (χ2v) is 5.01. The Kier molecular flexibility index (Phi) is 4.03. The van der Waals surface area contributed by atoms with Crippen LogP contribution in [0.1, 0.15) is 10.4 Å². The lowest BCUT2D eigenvalue weighted by Gasteiger charge is -2.23. The maximum Gasteiger partial charge on any atom is 0.338 e. The summed E-state index contributed by atoms with van der Waals surface area (Å²) < 4.78 is 5.65. The highest BCUT2D eigenvalue weighted by atomic mass is 16.5. The number of carbonyl (C=O) groups is 1. The summed E-state index contributed by atoms with van der Waals surface area (Å²) in [6.07, 6.45) is 0. The van der Waals surface area contributed by atoms with Crippen molar-refractivity contribution in [1.29, 1.82) is 0 Å². The van der Waals surface area contributed by atoms with Crippen molar-refractivity contribution in [2.45, 2.75) is 0 Å². The number of likely N-dealkylation sites (N-methyl/N-ethyl adjacent to an activating group) is 1. The lowest BCUT2D eigenvalue weighted by atomic mass is 10.2. The van der Waals surface area contributed by atoms with Gasteiger partial charge < -0.3 is 24.5 Å². The molecule has 0 atom stereocenters. The van der Waals surface area contributed by atoms with Gasteiger partial charge in [0.1, 0.15) is 13.2 Å². The molecule has 0 aliphatic heterocycles. The Balaban J connectivity index is 2.68. The molecular formula is C12H18NO5+. The Bertz CT molecular complexity index is 427. The van der Waals surface area contributed by atoms with Crippen LogP contribution in [-0.2, 0) is 4.74 Å². The van der Waals surface area contributed by atoms with Crippen LogP contribution in [0.2, 0.25) is 0 Å². The minimum atomic E-state index is -0.658. The number of phenols is 3. The van der Waals surface area contributed by atoms with Gasteiger partial charge in [-0.05, 0) is 12.1 Å². The molecule has 100 valence electrons. The van der Waals surface area contributed by atoms with E-state index in [1.807, 2.05) is 21.1 Å². The van der Waals surface area contributed by atoms with Crippen LogP contribution in [0.15, 0.2) is 12.1 Å². The number of hydrogen-bond acceptors (Lipinski definition) is 5. The lowest BCUT2D eigenvalue weighted by molar-refractivity contribution is -0.870. The van der Waals surface area contributed by atoms with E-state index in [9.17, 15) is 15.0 Å². The summed E-state index contributed by atoms with van der Waals surface area (Å²) in [6.45, 7) is 0.868. The number of nitrogens with zero attached hydrogens (tertiary/aromatic N) is 1. The van der Waals surface area contributed by atoms with E-state index in [1.165, 1.54) is 0 Å². The first-order valence-corrected chi connectivity index (χ1v) is 5.43. The molecule has 1 aromatic carbocycles. The van der Waals surface area contributed by atoms with Crippen LogP contribution in [0.5, 0.6) is 17.2 Å². The summed E-state index contributed by atoms with van der Waals surface area (Å²) in [5.74, 6) is -2.44. The number of hydrogen-bond donors (Lipinski definition) is 3. The van der Waals surface area contributed by atoms with Crippen LogP contribution >= 0.6 is 0 Å². The number of phenolic OH excluding ortho intramolecular Hbond substituents is 3. The molecule has 0 aliphatic rings. The second kappa shape index (κ2) is 5.14. The number of carbonyl (C=O) groups excluding carboxylic acids is 1. The average Bonchev–Trinajstić information content (AvgIpc) is 2.23. The third kappa shape index (κ3) is 3.81. The number of ether oxygens (including phenoxy) is 1. The van der Waals surface area contributed by atoms with Gasteiger partial charge in [-0.2, -0.15) is 0 Å². The van der Waals surface area contributed by atoms with E-state index in [-0.39, 0.29) is 12.2 Å². The van der Waals surface area contributed by atoms with E-state index >= 15 is 0 Å². The van der Waals surface area contributed by atoms with Gasteiger partial charge in [0.25, 0.3) is 0 Å². The van der Waals surface area contributed by atoms with Crippen LogP contribution in [0.4, 0.5) is 0 Å². The monoisotopic (exact) mass is 256 g/mol. The van der Waals surface area contributed by atoms with E-state index in [2.05, 4.69) is 0 Å². The predicted octanol–water partition coefficient (Wildman–Crippen LogP) is 0.666. The maximum atomic E-state index is 11.6. The molecule has 3 N–H and O–H groups in total. The number of esters is 1. The maximum absolute atomic E-state index is 11.6. The van der Waals surface area contributed by atoms with E-state index in [4.69, 9.17) is 9.84 Å². The van der Waals surface area contributed by atoms with Crippen LogP contribution in [-0.4, -0.2) is 60.1 Å². The molecule has 1 rings (SSSR count). The van der Waals surface area contributed by atoms with Crippen molar-refractivity contribution in [3.8, 4) is 17.2 Å². The summed E-state index contributed by atoms with van der Waals surface area (Å²) in [7, 11) is 5.89. The van der Waals surface area contributed by atoms with Gasteiger partial charge in [-0.25, -0.2) is 4.79 Å². The van der Waals surface area contributed by atoms with E-state index in [0.29, 0.717) is 11.0 Å². The topological polar surface area (TPSA) is 87.0 Å². The molecule has 18 heavy (non-hydrogen) atoms. The molecule has 0 saturated carbocycles. The molecule has 0 heterocycles. The first-order chi connectivity index (χ1) is 8.20. The first kappa shape index (κ1) is 14.1. The van der Waals surface area contributed by atoms with Gasteiger partial charge in [-0.15, -0.1) is 0 Å². The number of aromatic hydroxyl groups is 3. The number of quaternary nitrogens is 1. The van der Waals surface area contributed by atoms with Gasteiger partial charge in [0.2, 0.25) is 0 Å². The molecule has 0 unspecified atom stereocenters. The van der Waals surface area contributed by atoms with Crippen molar-refractivity contribution in [3.63, 3.8) is 0 Å². The van der Waals surface area contributed by atoms with Crippen LogP contribution in [0.3, 0.4) is 0 Å². The fraction of sp³-hybridized carbons (Fsp3) is 0.417. The average molecular weight is 256 g/mol. The quantitative estimate of drug-likeness (QED) is 0.418. The molecule has 0 bridgehead atoms. The third-order valence-corrected chi connectivity index (χ3v) is 2.30. The number of rotatable bonds is 4. The van der Waals surface area contributed by atoms with Crippen LogP contribution in [0, 0.1) is 0 Å². The van der Waals surface area contributed by atoms with Crippen molar-refractivity contribution in [3.05, 3.63) is 17.7 Å². The summed E-state index contributed by atoms with van der Waals surface area (Å²) >= 11 is 0. The molecule has 1 aromatic rings. The fourth-order valence-electron chi connectivity index (χ4n) is 1.22. The smallest absolute Gasteiger partial charge is 0.338 e. The molecule has 6 heteroatoms. The third-order valence-electron chi connectivity index (χ3n) is 2.30. The van der Waals surface area contributed by atoms with Gasteiger partial charge in [-0.3, -0.25) is 0 Å². The fourth-order valence-corrected chi connectivity index (χ4v) is 1.22. The van der Waals surface area contributed by atoms with Crippen LogP contribution in [0.25, 0.3) is 0 Å². The first-order valence-electron chi connectivity index (χ1n) is 5.43. The Morgan fingerprint density at radius 1 is 1.17 bits per heavy atom. The second-order valence-electron chi connectivity index (χ2n) is 5.01. The van der Waals surface area contributed by atoms with Gasteiger partial charge in [-0.1, -0.05) is 0 Å². The summed E-state index contributed by atoms with van der Waals surface area (Å²) in [6, 6.07) is 2.09. The molecule has 0 amide bonds. The summed E-state index contributed by atoms with van der Waals surface area (Å²) in [5, 5.41) is 27.7. The normalized spacial score (nSPS) is 11.3. The molecule has 6 nitrogen and oxygen atoms in total. The van der Waals surface area contributed by atoms with Crippen molar-refractivity contribution in [1.82, 2.24) is 0 Å². The Morgan fingerprint density at radius 3 is 2.11 bits per heavy atom. The van der Waals surface area contributed by atoms with Crippen molar-refractivity contribution >= 4 is 5.97 Å². The highest BCUT2D eigenvalue weighted by molar-refractivity contribution is 5.91. The van der Waals surface area contributed by atoms with Gasteiger partial charge in [0.15, 0.2) is 17.2 Å². The Morgan fingerprint density at radius 2 is 1.67 bits per heavy atom. The molecule has 0 spiro atoms. The van der Waals surface area contributed by atoms with Crippen molar-refractivity contribution in [2.24, 2.45) is 0 Å². The minimum Gasteiger partial charge on any atom is -0.504 e. The molecule has 0 fully saturated rings. The lowest BCUT2D eigenvalue weighted by Crippen LogP contribution is -2.38. The summed E-state index contributed by atoms with van der Waals surface area (Å²) in [4.78, 5) is 11.6. The van der Waals surface area contributed by atoms with Gasteiger partial charge in [0.05, 0.1) is 26.7 Å². The highest BCUT2D eigenvalue weighted by Crippen LogP contribution is 2.35. The zero-order valence-corrected chi connectivity index (χ0v) is 10.7.